The van der Waals surface area contributed by atoms with Gasteiger partial charge in [-0.05, 0) is 29.1 Å². The smallest absolute Gasteiger partial charge is 0.435 e. The summed E-state index contributed by atoms with van der Waals surface area (Å²) >= 11 is 0.882. The lowest BCUT2D eigenvalue weighted by Gasteiger charge is -2.49. The molecule has 0 unspecified atom stereocenters. The highest BCUT2D eigenvalue weighted by molar-refractivity contribution is 7.12. The number of Topliss-reactive ketones (excluding diaryl/α,β-unsaturated/α-hetero) is 1. The Labute approximate surface area is 170 Å². The first-order chi connectivity index (χ1) is 14.0. The van der Waals surface area contributed by atoms with Crippen LogP contribution in [0.15, 0.2) is 41.8 Å². The van der Waals surface area contributed by atoms with E-state index in [0.717, 1.165) is 42.6 Å². The number of ether oxygens (including phenoxy) is 1. The molecule has 2 heterocycles. The SMILES string of the molecule is CN1C(=O)N[C@@H](c2ccc(OC(F)F)cc2)[C@H](C(=O)c2cccs2)[C@@]1(O)C(F)(F)F. The number of rotatable bonds is 5. The first-order valence-electron chi connectivity index (χ1n) is 8.42. The van der Waals surface area contributed by atoms with Crippen LogP contribution in [0.3, 0.4) is 0 Å². The number of halogens is 5. The van der Waals surface area contributed by atoms with Gasteiger partial charge in [-0.3, -0.25) is 9.69 Å². The maximum atomic E-state index is 14.0. The Morgan fingerprint density at radius 3 is 2.40 bits per heavy atom. The molecule has 162 valence electrons. The molecule has 1 aliphatic rings. The summed E-state index contributed by atoms with van der Waals surface area (Å²) in [7, 11) is 0.729. The van der Waals surface area contributed by atoms with Crippen LogP contribution in [0.25, 0.3) is 0 Å². The van der Waals surface area contributed by atoms with Crippen LogP contribution in [-0.4, -0.2) is 47.4 Å². The Hall–Kier alpha value is -2.73. The summed E-state index contributed by atoms with van der Waals surface area (Å²) in [6.07, 6.45) is -5.37. The standard InChI is InChI=1S/C18H15F5N2O4S/c1-25-16(27)24-13(9-4-6-10(7-5-9)29-15(19)20)12(17(25,28)18(21,22)23)14(26)11-3-2-8-30-11/h2-8,12-13,15,28H,1H3,(H,24,27)/t12-,13+,17-/m1/s1. The van der Waals surface area contributed by atoms with E-state index in [4.69, 9.17) is 0 Å². The number of nitrogens with zero attached hydrogens (tertiary/aromatic N) is 1. The fourth-order valence-electron chi connectivity index (χ4n) is 3.31. The van der Waals surface area contributed by atoms with E-state index in [1.165, 1.54) is 17.5 Å². The van der Waals surface area contributed by atoms with Crippen LogP contribution >= 0.6 is 11.3 Å². The van der Waals surface area contributed by atoms with Gasteiger partial charge in [0, 0.05) is 7.05 Å². The largest absolute Gasteiger partial charge is 0.437 e. The Balaban J connectivity index is 2.11. The molecule has 0 spiro atoms. The third-order valence-corrected chi connectivity index (χ3v) is 5.67. The van der Waals surface area contributed by atoms with E-state index < -0.39 is 42.3 Å². The molecule has 30 heavy (non-hydrogen) atoms. The van der Waals surface area contributed by atoms with Gasteiger partial charge in [0.2, 0.25) is 0 Å². The third-order valence-electron chi connectivity index (χ3n) is 4.79. The molecule has 6 nitrogen and oxygen atoms in total. The number of hydrogen-bond acceptors (Lipinski definition) is 5. The molecule has 0 saturated carbocycles. The Morgan fingerprint density at radius 2 is 1.90 bits per heavy atom. The molecule has 2 aromatic rings. The van der Waals surface area contributed by atoms with Gasteiger partial charge in [0.1, 0.15) is 11.7 Å². The number of alkyl halides is 5. The monoisotopic (exact) mass is 450 g/mol. The molecule has 1 aliphatic heterocycles. The number of nitrogens with one attached hydrogen (secondary N) is 1. The molecule has 0 aliphatic carbocycles. The summed E-state index contributed by atoms with van der Waals surface area (Å²) in [4.78, 5) is 25.2. The van der Waals surface area contributed by atoms with E-state index in [1.807, 2.05) is 0 Å². The van der Waals surface area contributed by atoms with Crippen molar-refractivity contribution in [3.8, 4) is 5.75 Å². The lowest BCUT2D eigenvalue weighted by atomic mass is 9.78. The van der Waals surface area contributed by atoms with Gasteiger partial charge >= 0.3 is 18.8 Å². The first-order valence-corrected chi connectivity index (χ1v) is 9.30. The quantitative estimate of drug-likeness (QED) is 0.537. The molecule has 1 fully saturated rings. The topological polar surface area (TPSA) is 78.9 Å². The summed E-state index contributed by atoms with van der Waals surface area (Å²) in [5, 5.41) is 14.4. The average Bonchev–Trinajstić information content (AvgIpc) is 3.19. The van der Waals surface area contributed by atoms with Gasteiger partial charge in [0.05, 0.1) is 10.9 Å². The molecule has 12 heteroatoms. The Bertz CT molecular complexity index is 920. The van der Waals surface area contributed by atoms with Crippen LogP contribution < -0.4 is 10.1 Å². The van der Waals surface area contributed by atoms with E-state index in [0.29, 0.717) is 0 Å². The number of thiophene rings is 1. The predicted molar refractivity (Wildman–Crippen MR) is 95.3 cm³/mol. The maximum absolute atomic E-state index is 14.0. The molecule has 1 saturated heterocycles. The number of hydrogen-bond donors (Lipinski definition) is 2. The molecular formula is C18H15F5N2O4S. The van der Waals surface area contributed by atoms with Gasteiger partial charge in [0.15, 0.2) is 5.78 Å². The zero-order valence-electron chi connectivity index (χ0n) is 15.2. The molecule has 1 aromatic heterocycles. The molecule has 3 atom stereocenters. The molecule has 1 aromatic carbocycles. The summed E-state index contributed by atoms with van der Waals surface area (Å²) in [6.45, 7) is -3.11. The molecule has 0 radical (unpaired) electrons. The molecule has 3 rings (SSSR count). The predicted octanol–water partition coefficient (Wildman–Crippen LogP) is 3.80. The summed E-state index contributed by atoms with van der Waals surface area (Å²) < 4.78 is 70.8. The highest BCUT2D eigenvalue weighted by atomic mass is 32.1. The van der Waals surface area contributed by atoms with Gasteiger partial charge in [-0.2, -0.15) is 22.0 Å². The number of urea groups is 1. The van der Waals surface area contributed by atoms with Crippen molar-refractivity contribution < 1.29 is 41.4 Å². The molecule has 0 bridgehead atoms. The van der Waals surface area contributed by atoms with E-state index >= 15 is 0 Å². The van der Waals surface area contributed by atoms with Crippen molar-refractivity contribution in [2.24, 2.45) is 5.92 Å². The molecular weight excluding hydrogens is 435 g/mol. The van der Waals surface area contributed by atoms with Crippen LogP contribution in [0.2, 0.25) is 0 Å². The number of aliphatic hydroxyl groups is 1. The number of carbonyl (C=O) groups is 2. The van der Waals surface area contributed by atoms with Crippen molar-refractivity contribution in [2.45, 2.75) is 24.6 Å². The van der Waals surface area contributed by atoms with Crippen LogP contribution in [0.5, 0.6) is 5.75 Å². The van der Waals surface area contributed by atoms with E-state index in [2.05, 4.69) is 10.1 Å². The van der Waals surface area contributed by atoms with Gasteiger partial charge in [-0.1, -0.05) is 18.2 Å². The van der Waals surface area contributed by atoms with Crippen LogP contribution in [0, 0.1) is 5.92 Å². The normalized spacial score (nSPS) is 24.7. The minimum absolute atomic E-state index is 0.00403. The highest BCUT2D eigenvalue weighted by Crippen LogP contribution is 2.48. The minimum Gasteiger partial charge on any atom is -0.435 e. The fraction of sp³-hybridized carbons (Fsp3) is 0.333. The summed E-state index contributed by atoms with van der Waals surface area (Å²) in [5.41, 5.74) is -3.81. The third kappa shape index (κ3) is 3.72. The van der Waals surface area contributed by atoms with Crippen molar-refractivity contribution in [3.05, 3.63) is 52.2 Å². The first kappa shape index (κ1) is 22.0. The molecule has 2 amide bonds. The Morgan fingerprint density at radius 1 is 1.27 bits per heavy atom. The van der Waals surface area contributed by atoms with Gasteiger partial charge < -0.3 is 15.2 Å². The minimum atomic E-state index is -5.37. The van der Waals surface area contributed by atoms with Crippen molar-refractivity contribution >= 4 is 23.2 Å². The zero-order chi connectivity index (χ0) is 22.3. The van der Waals surface area contributed by atoms with Crippen molar-refractivity contribution in [1.82, 2.24) is 10.2 Å². The number of carbonyl (C=O) groups excluding carboxylic acids is 2. The van der Waals surface area contributed by atoms with Gasteiger partial charge in [-0.25, -0.2) is 4.79 Å². The van der Waals surface area contributed by atoms with Crippen LogP contribution in [0.1, 0.15) is 21.3 Å². The second-order valence-electron chi connectivity index (χ2n) is 6.48. The van der Waals surface area contributed by atoms with Crippen molar-refractivity contribution in [2.75, 3.05) is 7.05 Å². The summed E-state index contributed by atoms with van der Waals surface area (Å²) in [5.74, 6) is -3.46. The zero-order valence-corrected chi connectivity index (χ0v) is 16.0. The second kappa shape index (κ2) is 7.84. The highest BCUT2D eigenvalue weighted by Gasteiger charge is 2.69. The lowest BCUT2D eigenvalue weighted by Crippen LogP contribution is -2.72. The fourth-order valence-corrected chi connectivity index (χ4v) is 4.02. The Kier molecular flexibility index (Phi) is 5.74. The number of ketones is 1. The van der Waals surface area contributed by atoms with Crippen molar-refractivity contribution in [3.63, 3.8) is 0 Å². The lowest BCUT2D eigenvalue weighted by molar-refractivity contribution is -0.322. The average molecular weight is 450 g/mol. The van der Waals surface area contributed by atoms with Gasteiger partial charge in [0.25, 0.3) is 5.72 Å². The number of amides is 2. The van der Waals surface area contributed by atoms with Gasteiger partial charge in [-0.15, -0.1) is 11.3 Å². The molecule has 2 N–H and O–H groups in total. The van der Waals surface area contributed by atoms with E-state index in [-0.39, 0.29) is 21.1 Å². The van der Waals surface area contributed by atoms with E-state index in [1.54, 1.807) is 0 Å². The number of benzene rings is 1. The van der Waals surface area contributed by atoms with Crippen molar-refractivity contribution in [1.29, 1.82) is 0 Å². The van der Waals surface area contributed by atoms with Crippen LogP contribution in [0.4, 0.5) is 26.7 Å². The second-order valence-corrected chi connectivity index (χ2v) is 7.42. The maximum Gasteiger partial charge on any atom is 0.437 e. The van der Waals surface area contributed by atoms with Crippen LogP contribution in [-0.2, 0) is 0 Å². The summed E-state index contributed by atoms with van der Waals surface area (Å²) in [6, 6.07) is 4.31. The van der Waals surface area contributed by atoms with E-state index in [9.17, 15) is 36.6 Å².